The quantitative estimate of drug-likeness (QED) is 0.777. The molecule has 0 aliphatic rings. The lowest BCUT2D eigenvalue weighted by Gasteiger charge is -2.10. The molecule has 1 aromatic heterocycles. The van der Waals surface area contributed by atoms with Gasteiger partial charge in [-0.05, 0) is 0 Å². The van der Waals surface area contributed by atoms with E-state index in [9.17, 15) is 0 Å². The van der Waals surface area contributed by atoms with Crippen LogP contribution in [0.1, 0.15) is 0 Å². The smallest absolute Gasteiger partial charge is 0.113 e. The molecule has 0 saturated heterocycles. The van der Waals surface area contributed by atoms with Gasteiger partial charge in [-0.25, -0.2) is 0 Å². The molecule has 1 aromatic carbocycles. The molecule has 15 heavy (non-hydrogen) atoms. The molecular weight excluding hydrogens is 210 g/mol. The highest BCUT2D eigenvalue weighted by molar-refractivity contribution is 6.33. The van der Waals surface area contributed by atoms with Crippen LogP contribution in [0.15, 0.2) is 36.5 Å². The van der Waals surface area contributed by atoms with Gasteiger partial charge in [0.2, 0.25) is 0 Å². The van der Waals surface area contributed by atoms with Crippen LogP contribution in [0.4, 0.5) is 0 Å². The van der Waals surface area contributed by atoms with Crippen molar-refractivity contribution in [2.45, 2.75) is 0 Å². The van der Waals surface area contributed by atoms with Crippen LogP contribution in [0.25, 0.3) is 11.3 Å². The van der Waals surface area contributed by atoms with Crippen LogP contribution in [0, 0.1) is 0 Å². The minimum absolute atomic E-state index is 0.662. The molecule has 0 N–H and O–H groups in total. The molecular formula is C11H12ClN3. The SMILES string of the molecule is CN(C)n1cc(Cl)c(-c2ccccc2)n1. The number of aromatic nitrogens is 2. The van der Waals surface area contributed by atoms with Crippen LogP contribution in [-0.4, -0.2) is 24.0 Å². The Morgan fingerprint density at radius 1 is 1.20 bits per heavy atom. The summed E-state index contributed by atoms with van der Waals surface area (Å²) in [6.45, 7) is 0. The maximum absolute atomic E-state index is 6.11. The first-order valence-electron chi connectivity index (χ1n) is 4.66. The predicted molar refractivity (Wildman–Crippen MR) is 62.7 cm³/mol. The van der Waals surface area contributed by atoms with E-state index in [0.717, 1.165) is 11.3 Å². The third-order valence-corrected chi connectivity index (χ3v) is 2.39. The fourth-order valence-electron chi connectivity index (χ4n) is 1.34. The van der Waals surface area contributed by atoms with E-state index >= 15 is 0 Å². The molecule has 4 heteroatoms. The van der Waals surface area contributed by atoms with Crippen molar-refractivity contribution < 1.29 is 0 Å². The van der Waals surface area contributed by atoms with Gasteiger partial charge in [-0.1, -0.05) is 41.9 Å². The Balaban J connectivity index is 2.45. The van der Waals surface area contributed by atoms with Gasteiger partial charge in [-0.2, -0.15) is 9.89 Å². The van der Waals surface area contributed by atoms with Crippen LogP contribution in [0.5, 0.6) is 0 Å². The van der Waals surface area contributed by atoms with Crippen molar-refractivity contribution in [3.05, 3.63) is 41.6 Å². The van der Waals surface area contributed by atoms with Crippen molar-refractivity contribution in [3.63, 3.8) is 0 Å². The van der Waals surface area contributed by atoms with Gasteiger partial charge in [-0.3, -0.25) is 0 Å². The van der Waals surface area contributed by atoms with Crippen LogP contribution in [0.3, 0.4) is 0 Å². The fraction of sp³-hybridized carbons (Fsp3) is 0.182. The van der Waals surface area contributed by atoms with E-state index < -0.39 is 0 Å². The summed E-state index contributed by atoms with van der Waals surface area (Å²) in [5.41, 5.74) is 1.84. The summed E-state index contributed by atoms with van der Waals surface area (Å²) in [6, 6.07) is 9.91. The Morgan fingerprint density at radius 2 is 1.87 bits per heavy atom. The fourth-order valence-corrected chi connectivity index (χ4v) is 1.57. The van der Waals surface area contributed by atoms with E-state index in [1.165, 1.54) is 0 Å². The number of hydrogen-bond donors (Lipinski definition) is 0. The Kier molecular flexibility index (Phi) is 2.64. The zero-order valence-corrected chi connectivity index (χ0v) is 9.44. The second-order valence-electron chi connectivity index (χ2n) is 3.46. The van der Waals surface area contributed by atoms with Crippen LogP contribution in [-0.2, 0) is 0 Å². The van der Waals surface area contributed by atoms with Gasteiger partial charge in [-0.15, -0.1) is 0 Å². The topological polar surface area (TPSA) is 21.1 Å². The molecule has 78 valence electrons. The molecule has 0 amide bonds. The van der Waals surface area contributed by atoms with Crippen molar-refractivity contribution in [2.24, 2.45) is 0 Å². The summed E-state index contributed by atoms with van der Waals surface area (Å²) in [7, 11) is 3.83. The Morgan fingerprint density at radius 3 is 2.40 bits per heavy atom. The van der Waals surface area contributed by atoms with Crippen molar-refractivity contribution in [1.29, 1.82) is 0 Å². The number of hydrogen-bond acceptors (Lipinski definition) is 2. The first kappa shape index (κ1) is 10.1. The third kappa shape index (κ3) is 1.97. The van der Waals surface area contributed by atoms with E-state index in [1.807, 2.05) is 49.4 Å². The predicted octanol–water partition coefficient (Wildman–Crippen LogP) is 2.40. The van der Waals surface area contributed by atoms with Gasteiger partial charge >= 0.3 is 0 Å². The second kappa shape index (κ2) is 3.95. The normalized spacial score (nSPS) is 10.3. The zero-order chi connectivity index (χ0) is 10.8. The second-order valence-corrected chi connectivity index (χ2v) is 3.87. The van der Waals surface area contributed by atoms with Crippen molar-refractivity contribution >= 4 is 11.6 Å². The highest BCUT2D eigenvalue weighted by Crippen LogP contribution is 2.25. The first-order chi connectivity index (χ1) is 7.18. The summed E-state index contributed by atoms with van der Waals surface area (Å²) in [5.74, 6) is 0. The average Bonchev–Trinajstić information content (AvgIpc) is 2.62. The summed E-state index contributed by atoms with van der Waals surface area (Å²) in [6.07, 6.45) is 1.80. The molecule has 2 rings (SSSR count). The van der Waals surface area contributed by atoms with Gasteiger partial charge in [0.1, 0.15) is 5.69 Å². The largest absolute Gasteiger partial charge is 0.303 e. The summed E-state index contributed by atoms with van der Waals surface area (Å²) in [4.78, 5) is 1.71. The van der Waals surface area contributed by atoms with Crippen molar-refractivity contribution in [1.82, 2.24) is 9.89 Å². The molecule has 0 radical (unpaired) electrons. The minimum atomic E-state index is 0.662. The first-order valence-corrected chi connectivity index (χ1v) is 5.04. The van der Waals surface area contributed by atoms with E-state index in [1.54, 1.807) is 11.0 Å². The highest BCUT2D eigenvalue weighted by Gasteiger charge is 2.09. The minimum Gasteiger partial charge on any atom is -0.303 e. The molecule has 0 bridgehead atoms. The molecule has 2 aromatic rings. The Labute approximate surface area is 93.9 Å². The van der Waals surface area contributed by atoms with E-state index in [4.69, 9.17) is 11.6 Å². The van der Waals surface area contributed by atoms with E-state index in [-0.39, 0.29) is 0 Å². The maximum atomic E-state index is 6.11. The van der Waals surface area contributed by atoms with Crippen LogP contribution in [0.2, 0.25) is 5.02 Å². The third-order valence-electron chi connectivity index (χ3n) is 2.11. The zero-order valence-electron chi connectivity index (χ0n) is 8.68. The molecule has 1 heterocycles. The van der Waals surface area contributed by atoms with Gasteiger partial charge in [0.15, 0.2) is 0 Å². The molecule has 0 spiro atoms. The number of rotatable bonds is 2. The van der Waals surface area contributed by atoms with Gasteiger partial charge in [0, 0.05) is 19.7 Å². The molecule has 0 saturated carbocycles. The molecule has 0 unspecified atom stereocenters. The lowest BCUT2D eigenvalue weighted by molar-refractivity contribution is 0.641. The van der Waals surface area contributed by atoms with Gasteiger partial charge in [0.25, 0.3) is 0 Å². The maximum Gasteiger partial charge on any atom is 0.113 e. The molecule has 0 aliphatic carbocycles. The average molecular weight is 222 g/mol. The lowest BCUT2D eigenvalue weighted by Crippen LogP contribution is -2.25. The molecule has 0 fully saturated rings. The number of nitrogens with zero attached hydrogens (tertiary/aromatic N) is 3. The van der Waals surface area contributed by atoms with Gasteiger partial charge in [0.05, 0.1) is 11.2 Å². The van der Waals surface area contributed by atoms with E-state index in [2.05, 4.69) is 5.10 Å². The lowest BCUT2D eigenvalue weighted by atomic mass is 10.2. The highest BCUT2D eigenvalue weighted by atomic mass is 35.5. The number of benzene rings is 1. The van der Waals surface area contributed by atoms with Crippen LogP contribution >= 0.6 is 11.6 Å². The van der Waals surface area contributed by atoms with Crippen LogP contribution < -0.4 is 5.01 Å². The standard InChI is InChI=1S/C11H12ClN3/c1-14(2)15-8-10(12)11(13-15)9-6-4-3-5-7-9/h3-8H,1-2H3. The molecule has 3 nitrogen and oxygen atoms in total. The summed E-state index contributed by atoms with van der Waals surface area (Å²) >= 11 is 6.11. The Hall–Kier alpha value is -1.48. The molecule has 0 atom stereocenters. The monoisotopic (exact) mass is 221 g/mol. The number of halogens is 1. The van der Waals surface area contributed by atoms with E-state index in [0.29, 0.717) is 5.02 Å². The molecule has 0 aliphatic heterocycles. The van der Waals surface area contributed by atoms with Crippen molar-refractivity contribution in [2.75, 3.05) is 19.1 Å². The summed E-state index contributed by atoms with van der Waals surface area (Å²) in [5, 5.41) is 6.91. The Bertz CT molecular complexity index is 448. The summed E-state index contributed by atoms with van der Waals surface area (Å²) < 4.78 is 0. The van der Waals surface area contributed by atoms with Gasteiger partial charge < -0.3 is 5.01 Å². The van der Waals surface area contributed by atoms with Crippen molar-refractivity contribution in [3.8, 4) is 11.3 Å².